The molecule has 0 saturated carbocycles. The first kappa shape index (κ1) is 23.0. The van der Waals surface area contributed by atoms with Gasteiger partial charge in [-0.1, -0.05) is 25.5 Å². The summed E-state index contributed by atoms with van der Waals surface area (Å²) in [5.41, 5.74) is 1.27. The third-order valence-electron chi connectivity index (χ3n) is 5.24. The summed E-state index contributed by atoms with van der Waals surface area (Å²) in [5, 5.41) is 9.58. The molecule has 0 radical (unpaired) electrons. The number of aliphatic imine (C=N–C) groups is 1. The highest BCUT2D eigenvalue weighted by molar-refractivity contribution is 5.81. The van der Waals surface area contributed by atoms with Gasteiger partial charge in [0.2, 0.25) is 5.91 Å². The van der Waals surface area contributed by atoms with E-state index in [0.29, 0.717) is 13.0 Å². The Morgan fingerprint density at radius 1 is 1.10 bits per heavy atom. The third-order valence-corrected chi connectivity index (χ3v) is 5.24. The number of guanidine groups is 1. The van der Waals surface area contributed by atoms with Gasteiger partial charge >= 0.3 is 0 Å². The molecule has 1 atom stereocenters. The zero-order valence-electron chi connectivity index (χ0n) is 18.2. The molecule has 0 bridgehead atoms. The van der Waals surface area contributed by atoms with Gasteiger partial charge in [-0.25, -0.2) is 0 Å². The van der Waals surface area contributed by atoms with E-state index in [1.54, 1.807) is 14.2 Å². The van der Waals surface area contributed by atoms with E-state index in [2.05, 4.69) is 38.0 Å². The summed E-state index contributed by atoms with van der Waals surface area (Å²) in [6.45, 7) is 6.32. The van der Waals surface area contributed by atoms with Crippen LogP contribution in [0.25, 0.3) is 0 Å². The van der Waals surface area contributed by atoms with E-state index in [-0.39, 0.29) is 11.9 Å². The molecular weight excluding hydrogens is 366 g/mol. The summed E-state index contributed by atoms with van der Waals surface area (Å²) < 4.78 is 5.31. The summed E-state index contributed by atoms with van der Waals surface area (Å²) in [5.74, 6) is 1.67. The number of amides is 1. The van der Waals surface area contributed by atoms with Crippen molar-refractivity contribution in [3.63, 3.8) is 0 Å². The number of nitrogens with one attached hydrogen (secondary N) is 3. The van der Waals surface area contributed by atoms with Gasteiger partial charge in [0.15, 0.2) is 5.96 Å². The standard InChI is InChI=1S/C22H37N5O2/c1-4-13-24-21(28)12-14-25-22(23-2)26-17-20(27-15-6-5-7-16-27)18-8-10-19(29-3)11-9-18/h8-11,20H,4-7,12-17H2,1-3H3,(H,24,28)(H2,23,25,26). The molecule has 1 fully saturated rings. The smallest absolute Gasteiger partial charge is 0.221 e. The predicted octanol–water partition coefficient (Wildman–Crippen LogP) is 2.30. The van der Waals surface area contributed by atoms with E-state index in [4.69, 9.17) is 4.74 Å². The van der Waals surface area contributed by atoms with Gasteiger partial charge in [-0.2, -0.15) is 0 Å². The Labute approximate surface area is 175 Å². The Morgan fingerprint density at radius 3 is 2.45 bits per heavy atom. The van der Waals surface area contributed by atoms with Crippen LogP contribution >= 0.6 is 0 Å². The maximum atomic E-state index is 11.8. The van der Waals surface area contributed by atoms with Crippen molar-refractivity contribution in [1.29, 1.82) is 0 Å². The number of benzene rings is 1. The lowest BCUT2D eigenvalue weighted by atomic mass is 10.0. The van der Waals surface area contributed by atoms with Crippen LogP contribution in [0.5, 0.6) is 5.75 Å². The van der Waals surface area contributed by atoms with Crippen LogP contribution in [0, 0.1) is 0 Å². The van der Waals surface area contributed by atoms with E-state index in [0.717, 1.165) is 44.3 Å². The molecule has 29 heavy (non-hydrogen) atoms. The first-order chi connectivity index (χ1) is 14.2. The van der Waals surface area contributed by atoms with Crippen LogP contribution in [0.15, 0.2) is 29.3 Å². The topological polar surface area (TPSA) is 78.0 Å². The van der Waals surface area contributed by atoms with Crippen molar-refractivity contribution >= 4 is 11.9 Å². The zero-order valence-corrected chi connectivity index (χ0v) is 18.2. The molecule has 7 nitrogen and oxygen atoms in total. The number of hydrogen-bond acceptors (Lipinski definition) is 4. The number of nitrogens with zero attached hydrogens (tertiary/aromatic N) is 2. The van der Waals surface area contributed by atoms with Gasteiger partial charge in [-0.05, 0) is 50.0 Å². The second-order valence-corrected chi connectivity index (χ2v) is 7.37. The average Bonchev–Trinajstić information content (AvgIpc) is 2.77. The molecule has 1 heterocycles. The predicted molar refractivity (Wildman–Crippen MR) is 118 cm³/mol. The maximum Gasteiger partial charge on any atom is 0.221 e. The fourth-order valence-corrected chi connectivity index (χ4v) is 3.58. The molecule has 1 aliphatic heterocycles. The van der Waals surface area contributed by atoms with Crippen LogP contribution < -0.4 is 20.7 Å². The summed E-state index contributed by atoms with van der Waals surface area (Å²) in [7, 11) is 3.45. The molecule has 1 aliphatic rings. The number of methoxy groups -OCH3 is 1. The van der Waals surface area contributed by atoms with Crippen molar-refractivity contribution in [3.05, 3.63) is 29.8 Å². The van der Waals surface area contributed by atoms with Crippen molar-refractivity contribution in [2.45, 2.75) is 45.1 Å². The maximum absolute atomic E-state index is 11.8. The number of carbonyl (C=O) groups excluding carboxylic acids is 1. The van der Waals surface area contributed by atoms with Gasteiger partial charge in [0, 0.05) is 33.1 Å². The normalized spacial score (nSPS) is 16.2. The van der Waals surface area contributed by atoms with Gasteiger partial charge in [0.25, 0.3) is 0 Å². The highest BCUT2D eigenvalue weighted by Gasteiger charge is 2.22. The van der Waals surface area contributed by atoms with Crippen molar-refractivity contribution in [2.75, 3.05) is 46.9 Å². The van der Waals surface area contributed by atoms with Gasteiger partial charge in [0.1, 0.15) is 5.75 Å². The van der Waals surface area contributed by atoms with Crippen LogP contribution in [0.4, 0.5) is 0 Å². The number of carbonyl (C=O) groups is 1. The molecule has 0 spiro atoms. The van der Waals surface area contributed by atoms with Gasteiger partial charge < -0.3 is 20.7 Å². The number of rotatable bonds is 10. The Morgan fingerprint density at radius 2 is 1.83 bits per heavy atom. The molecule has 2 rings (SSSR count). The monoisotopic (exact) mass is 403 g/mol. The summed E-state index contributed by atoms with van der Waals surface area (Å²) in [4.78, 5) is 18.6. The molecule has 1 unspecified atom stereocenters. The average molecular weight is 404 g/mol. The van der Waals surface area contributed by atoms with E-state index in [9.17, 15) is 4.79 Å². The number of piperidine rings is 1. The lowest BCUT2D eigenvalue weighted by Crippen LogP contribution is -2.45. The summed E-state index contributed by atoms with van der Waals surface area (Å²) in [6.07, 6.45) is 5.18. The summed E-state index contributed by atoms with van der Waals surface area (Å²) in [6, 6.07) is 8.61. The van der Waals surface area contributed by atoms with E-state index < -0.39 is 0 Å². The number of likely N-dealkylation sites (tertiary alicyclic amines) is 1. The SMILES string of the molecule is CCCNC(=O)CCNC(=NC)NCC(c1ccc(OC)cc1)N1CCCCC1. The fourth-order valence-electron chi connectivity index (χ4n) is 3.58. The van der Waals surface area contributed by atoms with Crippen molar-refractivity contribution in [1.82, 2.24) is 20.9 Å². The molecular formula is C22H37N5O2. The van der Waals surface area contributed by atoms with Crippen LogP contribution in [0.1, 0.15) is 50.6 Å². The molecule has 3 N–H and O–H groups in total. The highest BCUT2D eigenvalue weighted by Crippen LogP contribution is 2.25. The van der Waals surface area contributed by atoms with Crippen LogP contribution in [-0.4, -0.2) is 63.6 Å². The lowest BCUT2D eigenvalue weighted by Gasteiger charge is -2.35. The molecule has 1 saturated heterocycles. The number of hydrogen-bond donors (Lipinski definition) is 3. The minimum Gasteiger partial charge on any atom is -0.497 e. The molecule has 1 aromatic carbocycles. The van der Waals surface area contributed by atoms with Gasteiger partial charge in [0.05, 0.1) is 13.2 Å². The molecule has 162 valence electrons. The van der Waals surface area contributed by atoms with Crippen molar-refractivity contribution in [2.24, 2.45) is 4.99 Å². The quantitative estimate of drug-likeness (QED) is 0.413. The second-order valence-electron chi connectivity index (χ2n) is 7.37. The lowest BCUT2D eigenvalue weighted by molar-refractivity contribution is -0.120. The minimum atomic E-state index is 0.0687. The fraction of sp³-hybridized carbons (Fsp3) is 0.636. The Bertz CT molecular complexity index is 627. The first-order valence-corrected chi connectivity index (χ1v) is 10.8. The van der Waals surface area contributed by atoms with Crippen LogP contribution in [-0.2, 0) is 4.79 Å². The molecule has 0 aromatic heterocycles. The van der Waals surface area contributed by atoms with E-state index in [1.807, 2.05) is 19.1 Å². The first-order valence-electron chi connectivity index (χ1n) is 10.8. The Hall–Kier alpha value is -2.28. The molecule has 1 aromatic rings. The molecule has 0 aliphatic carbocycles. The minimum absolute atomic E-state index is 0.0687. The van der Waals surface area contributed by atoms with Crippen molar-refractivity contribution in [3.8, 4) is 5.75 Å². The highest BCUT2D eigenvalue weighted by atomic mass is 16.5. The van der Waals surface area contributed by atoms with Crippen LogP contribution in [0.2, 0.25) is 0 Å². The Balaban J connectivity index is 1.92. The zero-order chi connectivity index (χ0) is 20.9. The summed E-state index contributed by atoms with van der Waals surface area (Å²) >= 11 is 0. The van der Waals surface area contributed by atoms with E-state index >= 15 is 0 Å². The largest absolute Gasteiger partial charge is 0.497 e. The van der Waals surface area contributed by atoms with Crippen LogP contribution in [0.3, 0.4) is 0 Å². The van der Waals surface area contributed by atoms with E-state index in [1.165, 1.54) is 24.8 Å². The van der Waals surface area contributed by atoms with Gasteiger partial charge in [-0.3, -0.25) is 14.7 Å². The van der Waals surface area contributed by atoms with Crippen molar-refractivity contribution < 1.29 is 9.53 Å². The molecule has 1 amide bonds. The Kier molecular flexibility index (Phi) is 10.3. The number of ether oxygens (including phenoxy) is 1. The third kappa shape index (κ3) is 7.93. The van der Waals surface area contributed by atoms with Gasteiger partial charge in [-0.15, -0.1) is 0 Å². The second kappa shape index (κ2) is 13.0. The molecule has 7 heteroatoms.